The maximum atomic E-state index is 12.3. The highest BCUT2D eigenvalue weighted by atomic mass is 32.2. The molecule has 1 heterocycles. The molecule has 0 aliphatic heterocycles. The second-order valence-corrected chi connectivity index (χ2v) is 7.16. The molecule has 3 rings (SSSR count). The van der Waals surface area contributed by atoms with Crippen LogP contribution in [0.3, 0.4) is 0 Å². The van der Waals surface area contributed by atoms with Crippen molar-refractivity contribution in [1.82, 2.24) is 20.1 Å². The molecule has 31 heavy (non-hydrogen) atoms. The molecule has 0 unspecified atom stereocenters. The Morgan fingerprint density at radius 2 is 1.77 bits per heavy atom. The minimum atomic E-state index is -0.325. The number of hydrogen-bond acceptors (Lipinski definition) is 6. The number of anilines is 2. The number of hydrogen-bond donors (Lipinski definition) is 3. The molecule has 0 aliphatic carbocycles. The van der Waals surface area contributed by atoms with Gasteiger partial charge in [0.25, 0.3) is 0 Å². The molecule has 3 N–H and O–H groups in total. The predicted octanol–water partition coefficient (Wildman–Crippen LogP) is 3.31. The monoisotopic (exact) mass is 438 g/mol. The maximum Gasteiger partial charge on any atom is 0.319 e. The number of amides is 3. The number of ether oxygens (including phenoxy) is 1. The van der Waals surface area contributed by atoms with Gasteiger partial charge < -0.3 is 20.7 Å². The Kier molecular flexibility index (Phi) is 7.66. The van der Waals surface area contributed by atoms with Crippen LogP contribution in [0.1, 0.15) is 0 Å². The highest BCUT2D eigenvalue weighted by Gasteiger charge is 2.11. The predicted molar refractivity (Wildman–Crippen MR) is 121 cm³/mol. The molecular formula is C21H22N6O3S. The average Bonchev–Trinajstić information content (AvgIpc) is 3.26. The van der Waals surface area contributed by atoms with Gasteiger partial charge in [0.15, 0.2) is 5.16 Å². The summed E-state index contributed by atoms with van der Waals surface area (Å²) in [7, 11) is 1.61. The largest absolute Gasteiger partial charge is 0.497 e. The number of methoxy groups -OCH3 is 1. The zero-order valence-electron chi connectivity index (χ0n) is 16.9. The highest BCUT2D eigenvalue weighted by Crippen LogP contribution is 2.22. The van der Waals surface area contributed by atoms with Gasteiger partial charge in [0.2, 0.25) is 5.91 Å². The fourth-order valence-corrected chi connectivity index (χ4v) is 3.28. The third-order valence-corrected chi connectivity index (χ3v) is 4.98. The second-order valence-electron chi connectivity index (χ2n) is 6.22. The first-order valence-corrected chi connectivity index (χ1v) is 10.3. The Hall–Kier alpha value is -3.79. The summed E-state index contributed by atoms with van der Waals surface area (Å²) in [5.74, 6) is 0.737. The van der Waals surface area contributed by atoms with Crippen molar-refractivity contribution in [3.05, 3.63) is 67.5 Å². The average molecular weight is 439 g/mol. The topological polar surface area (TPSA) is 110 Å². The Morgan fingerprint density at radius 1 is 1.10 bits per heavy atom. The lowest BCUT2D eigenvalue weighted by atomic mass is 10.3. The smallest absolute Gasteiger partial charge is 0.319 e. The fraction of sp³-hybridized carbons (Fsp3) is 0.143. The van der Waals surface area contributed by atoms with E-state index >= 15 is 0 Å². The number of nitrogens with one attached hydrogen (secondary N) is 3. The molecule has 9 nitrogen and oxygen atoms in total. The summed E-state index contributed by atoms with van der Waals surface area (Å²) >= 11 is 1.28. The minimum Gasteiger partial charge on any atom is -0.497 e. The van der Waals surface area contributed by atoms with Crippen molar-refractivity contribution in [2.75, 3.05) is 30.0 Å². The molecule has 0 bridgehead atoms. The van der Waals surface area contributed by atoms with Crippen LogP contribution in [0.4, 0.5) is 16.2 Å². The number of carbonyl (C=O) groups is 2. The third-order valence-electron chi connectivity index (χ3n) is 4.03. The van der Waals surface area contributed by atoms with Crippen molar-refractivity contribution < 1.29 is 14.3 Å². The summed E-state index contributed by atoms with van der Waals surface area (Å²) < 4.78 is 6.97. The molecular weight excluding hydrogens is 416 g/mol. The Balaban J connectivity index is 1.52. The minimum absolute atomic E-state index is 0.165. The summed E-state index contributed by atoms with van der Waals surface area (Å²) in [5, 5.41) is 16.8. The Morgan fingerprint density at radius 3 is 2.42 bits per heavy atom. The van der Waals surface area contributed by atoms with E-state index in [2.05, 4.69) is 32.7 Å². The van der Waals surface area contributed by atoms with Crippen LogP contribution in [0, 0.1) is 0 Å². The van der Waals surface area contributed by atoms with Gasteiger partial charge in [-0.05, 0) is 48.5 Å². The van der Waals surface area contributed by atoms with E-state index in [1.54, 1.807) is 48.3 Å². The first-order chi connectivity index (χ1) is 15.1. The molecule has 0 atom stereocenters. The van der Waals surface area contributed by atoms with Gasteiger partial charge in [-0.2, -0.15) is 0 Å². The van der Waals surface area contributed by atoms with Gasteiger partial charge in [-0.3, -0.25) is 9.36 Å². The summed E-state index contributed by atoms with van der Waals surface area (Å²) in [6.07, 6.45) is 3.19. The molecule has 0 spiro atoms. The van der Waals surface area contributed by atoms with Crippen LogP contribution in [0.5, 0.6) is 5.75 Å². The molecule has 0 aliphatic rings. The van der Waals surface area contributed by atoms with Crippen molar-refractivity contribution in [3.8, 4) is 11.4 Å². The van der Waals surface area contributed by atoms with E-state index in [1.165, 1.54) is 11.8 Å². The van der Waals surface area contributed by atoms with Crippen molar-refractivity contribution in [3.63, 3.8) is 0 Å². The highest BCUT2D eigenvalue weighted by molar-refractivity contribution is 7.99. The molecule has 160 valence electrons. The molecule has 0 saturated heterocycles. The van der Waals surface area contributed by atoms with E-state index < -0.39 is 0 Å². The van der Waals surface area contributed by atoms with Gasteiger partial charge in [-0.15, -0.1) is 16.8 Å². The van der Waals surface area contributed by atoms with E-state index in [1.807, 2.05) is 24.3 Å². The molecule has 3 amide bonds. The third kappa shape index (κ3) is 6.34. The Labute approximate surface area is 183 Å². The van der Waals surface area contributed by atoms with Crippen LogP contribution in [-0.4, -0.2) is 46.1 Å². The number of rotatable bonds is 9. The molecule has 3 aromatic rings. The zero-order valence-corrected chi connectivity index (χ0v) is 17.7. The van der Waals surface area contributed by atoms with Gasteiger partial charge in [0.1, 0.15) is 12.1 Å². The van der Waals surface area contributed by atoms with E-state index in [-0.39, 0.29) is 17.7 Å². The van der Waals surface area contributed by atoms with Crippen molar-refractivity contribution in [2.24, 2.45) is 0 Å². The summed E-state index contributed by atoms with van der Waals surface area (Å²) in [4.78, 5) is 24.0. The molecule has 2 aromatic carbocycles. The van der Waals surface area contributed by atoms with Crippen molar-refractivity contribution >= 4 is 35.1 Å². The lowest BCUT2D eigenvalue weighted by Crippen LogP contribution is -2.28. The first-order valence-electron chi connectivity index (χ1n) is 9.32. The molecule has 0 radical (unpaired) electrons. The Bertz CT molecular complexity index is 1030. The molecule has 0 saturated carbocycles. The van der Waals surface area contributed by atoms with Gasteiger partial charge in [0.05, 0.1) is 12.9 Å². The second kappa shape index (κ2) is 10.8. The number of benzene rings is 2. The number of thioether (sulfide) groups is 1. The number of carbonyl (C=O) groups excluding carboxylic acids is 2. The van der Waals surface area contributed by atoms with Crippen LogP contribution in [0.15, 0.2) is 72.7 Å². The van der Waals surface area contributed by atoms with E-state index in [0.29, 0.717) is 23.1 Å². The number of urea groups is 1. The van der Waals surface area contributed by atoms with Gasteiger partial charge in [0, 0.05) is 23.6 Å². The van der Waals surface area contributed by atoms with Crippen LogP contribution in [0.25, 0.3) is 5.69 Å². The summed E-state index contributed by atoms with van der Waals surface area (Å²) in [6, 6.07) is 14.0. The van der Waals surface area contributed by atoms with Crippen LogP contribution in [0.2, 0.25) is 0 Å². The van der Waals surface area contributed by atoms with Gasteiger partial charge in [-0.1, -0.05) is 17.8 Å². The first kappa shape index (κ1) is 21.9. The van der Waals surface area contributed by atoms with E-state index in [0.717, 1.165) is 11.4 Å². The maximum absolute atomic E-state index is 12.3. The number of aromatic nitrogens is 3. The van der Waals surface area contributed by atoms with Gasteiger partial charge in [-0.25, -0.2) is 4.79 Å². The lowest BCUT2D eigenvalue weighted by Gasteiger charge is -2.09. The molecule has 1 aromatic heterocycles. The lowest BCUT2D eigenvalue weighted by molar-refractivity contribution is -0.113. The standard InChI is InChI=1S/C21H22N6O3S/c1-3-12-22-20(29)25-16-6-4-15(5-7-16)24-19(28)13-31-21-26-23-14-27(21)17-8-10-18(30-2)11-9-17/h3-11,14H,1,12-13H2,2H3,(H,24,28)(H2,22,25,29). The fourth-order valence-electron chi connectivity index (χ4n) is 2.55. The van der Waals surface area contributed by atoms with Crippen LogP contribution >= 0.6 is 11.8 Å². The van der Waals surface area contributed by atoms with E-state index in [9.17, 15) is 9.59 Å². The SMILES string of the molecule is C=CCNC(=O)Nc1ccc(NC(=O)CSc2nncn2-c2ccc(OC)cc2)cc1. The van der Waals surface area contributed by atoms with Crippen LogP contribution in [-0.2, 0) is 4.79 Å². The molecule has 10 heteroatoms. The van der Waals surface area contributed by atoms with E-state index in [4.69, 9.17) is 4.74 Å². The molecule has 0 fully saturated rings. The van der Waals surface area contributed by atoms with Gasteiger partial charge >= 0.3 is 6.03 Å². The van der Waals surface area contributed by atoms with Crippen molar-refractivity contribution in [1.29, 1.82) is 0 Å². The normalized spacial score (nSPS) is 10.2. The number of nitrogens with zero attached hydrogens (tertiary/aromatic N) is 3. The summed E-state index contributed by atoms with van der Waals surface area (Å²) in [5.41, 5.74) is 2.11. The quantitative estimate of drug-likeness (QED) is 0.349. The zero-order chi connectivity index (χ0) is 22.1. The van der Waals surface area contributed by atoms with Crippen molar-refractivity contribution in [2.45, 2.75) is 5.16 Å². The van der Waals surface area contributed by atoms with Crippen LogP contribution < -0.4 is 20.7 Å². The summed E-state index contributed by atoms with van der Waals surface area (Å²) in [6.45, 7) is 3.92.